The summed E-state index contributed by atoms with van der Waals surface area (Å²) in [7, 11) is 0. The number of benzene rings is 2. The minimum Gasteiger partial charge on any atom is -0.385 e. The number of hydrogen-bond acceptors (Lipinski definition) is 8. The number of anilines is 2. The summed E-state index contributed by atoms with van der Waals surface area (Å²) in [5.41, 5.74) is 1.72. The zero-order valence-corrected chi connectivity index (χ0v) is 17.1. The van der Waals surface area contributed by atoms with Crippen LogP contribution < -0.4 is 9.80 Å². The summed E-state index contributed by atoms with van der Waals surface area (Å²) in [5, 5.41) is 30.8. The van der Waals surface area contributed by atoms with Gasteiger partial charge in [-0.2, -0.15) is 0 Å². The molecular formula is C21H25N5O4. The lowest BCUT2D eigenvalue weighted by Gasteiger charge is -2.39. The van der Waals surface area contributed by atoms with Crippen molar-refractivity contribution in [2.24, 2.45) is 0 Å². The molecule has 158 valence electrons. The lowest BCUT2D eigenvalue weighted by Crippen LogP contribution is -2.42. The summed E-state index contributed by atoms with van der Waals surface area (Å²) in [6.07, 6.45) is 1.09. The zero-order valence-electron chi connectivity index (χ0n) is 17.1. The average Bonchev–Trinajstić information content (AvgIpc) is 3.24. The molecule has 0 unspecified atom stereocenters. The zero-order chi connectivity index (χ0) is 21.3. The van der Waals surface area contributed by atoms with Gasteiger partial charge in [0.05, 0.1) is 16.2 Å². The van der Waals surface area contributed by atoms with Crippen molar-refractivity contribution in [3.8, 4) is 0 Å². The number of nitrogens with zero attached hydrogens (tertiary/aromatic N) is 5. The minimum atomic E-state index is -0.887. The van der Waals surface area contributed by atoms with Crippen LogP contribution in [0.4, 0.5) is 17.1 Å². The molecule has 2 aromatic carbocycles. The van der Waals surface area contributed by atoms with E-state index in [1.165, 1.54) is 0 Å². The van der Waals surface area contributed by atoms with Crippen LogP contribution >= 0.6 is 0 Å². The lowest BCUT2D eigenvalue weighted by atomic mass is 9.84. The van der Waals surface area contributed by atoms with Crippen LogP contribution in [0.15, 0.2) is 41.0 Å². The van der Waals surface area contributed by atoms with Crippen molar-refractivity contribution >= 4 is 28.1 Å². The third-order valence-corrected chi connectivity index (χ3v) is 6.00. The van der Waals surface area contributed by atoms with Crippen LogP contribution in [-0.2, 0) is 5.60 Å². The third-order valence-electron chi connectivity index (χ3n) is 6.00. The van der Waals surface area contributed by atoms with E-state index in [-0.39, 0.29) is 11.2 Å². The molecule has 9 heteroatoms. The molecule has 30 heavy (non-hydrogen) atoms. The van der Waals surface area contributed by atoms with Crippen molar-refractivity contribution in [1.29, 1.82) is 0 Å². The molecule has 3 aromatic rings. The Kier molecular flexibility index (Phi) is 5.29. The van der Waals surface area contributed by atoms with E-state index in [4.69, 9.17) is 4.63 Å². The monoisotopic (exact) mass is 411 g/mol. The summed E-state index contributed by atoms with van der Waals surface area (Å²) >= 11 is 0. The highest BCUT2D eigenvalue weighted by atomic mass is 16.6. The van der Waals surface area contributed by atoms with Crippen LogP contribution in [0.5, 0.6) is 0 Å². The predicted octanol–water partition coefficient (Wildman–Crippen LogP) is 3.47. The first-order chi connectivity index (χ1) is 14.5. The number of fused-ring (bicyclic) bond motifs is 1. The summed E-state index contributed by atoms with van der Waals surface area (Å²) in [6.45, 7) is 6.34. The lowest BCUT2D eigenvalue weighted by molar-refractivity contribution is -0.382. The fourth-order valence-electron chi connectivity index (χ4n) is 4.28. The number of nitro benzene ring substituents is 1. The van der Waals surface area contributed by atoms with Crippen molar-refractivity contribution in [1.82, 2.24) is 10.3 Å². The Morgan fingerprint density at radius 1 is 1.17 bits per heavy atom. The number of rotatable bonds is 6. The quantitative estimate of drug-likeness (QED) is 0.485. The second-order valence-corrected chi connectivity index (χ2v) is 7.54. The topological polar surface area (TPSA) is 109 Å². The van der Waals surface area contributed by atoms with Crippen LogP contribution in [0.25, 0.3) is 11.0 Å². The van der Waals surface area contributed by atoms with Gasteiger partial charge in [0.25, 0.3) is 0 Å². The maximum Gasteiger partial charge on any atom is 0.323 e. The van der Waals surface area contributed by atoms with Gasteiger partial charge in [0.15, 0.2) is 5.52 Å². The Morgan fingerprint density at radius 2 is 1.80 bits per heavy atom. The summed E-state index contributed by atoms with van der Waals surface area (Å²) < 4.78 is 4.90. The highest BCUT2D eigenvalue weighted by molar-refractivity contribution is 6.00. The number of aliphatic hydroxyl groups is 1. The molecule has 0 bridgehead atoms. The smallest absolute Gasteiger partial charge is 0.323 e. The van der Waals surface area contributed by atoms with E-state index >= 15 is 0 Å². The standard InChI is InChI=1S/C21H25N5O4/c1-3-24(4-2)17-14-16(18-19(23-30-22-18)20(17)26(28)29)25-12-10-21(27,11-13-25)15-8-6-5-7-9-15/h5-9,14,27H,3-4,10-13H2,1-2H3. The molecule has 1 saturated heterocycles. The fraction of sp³-hybridized carbons (Fsp3) is 0.429. The Labute approximate surface area is 174 Å². The maximum atomic E-state index is 11.8. The van der Waals surface area contributed by atoms with Crippen LogP contribution in [-0.4, -0.2) is 46.5 Å². The molecule has 2 heterocycles. The maximum absolute atomic E-state index is 11.8. The highest BCUT2D eigenvalue weighted by Gasteiger charge is 2.36. The van der Waals surface area contributed by atoms with Crippen molar-refractivity contribution in [3.63, 3.8) is 0 Å². The fourth-order valence-corrected chi connectivity index (χ4v) is 4.28. The largest absolute Gasteiger partial charge is 0.385 e. The first-order valence-corrected chi connectivity index (χ1v) is 10.2. The molecular weight excluding hydrogens is 386 g/mol. The van der Waals surface area contributed by atoms with Crippen molar-refractivity contribution in [3.05, 3.63) is 52.1 Å². The summed E-state index contributed by atoms with van der Waals surface area (Å²) in [4.78, 5) is 15.4. The van der Waals surface area contributed by atoms with E-state index in [1.807, 2.05) is 55.1 Å². The minimum absolute atomic E-state index is 0.0866. The molecule has 1 aliphatic rings. The van der Waals surface area contributed by atoms with E-state index in [9.17, 15) is 15.2 Å². The number of hydrogen-bond donors (Lipinski definition) is 1. The molecule has 0 spiro atoms. The Morgan fingerprint density at radius 3 is 2.40 bits per heavy atom. The van der Waals surface area contributed by atoms with Crippen LogP contribution in [0.2, 0.25) is 0 Å². The van der Waals surface area contributed by atoms with E-state index in [1.54, 1.807) is 0 Å². The summed E-state index contributed by atoms with van der Waals surface area (Å²) in [6, 6.07) is 11.5. The Hall–Kier alpha value is -3.20. The molecule has 1 N–H and O–H groups in total. The third kappa shape index (κ3) is 3.35. The van der Waals surface area contributed by atoms with Crippen molar-refractivity contribution < 1.29 is 14.7 Å². The Bertz CT molecular complexity index is 1040. The molecule has 0 radical (unpaired) electrons. The molecule has 0 amide bonds. The first kappa shape index (κ1) is 20.1. The van der Waals surface area contributed by atoms with Gasteiger partial charge in [-0.1, -0.05) is 30.3 Å². The second-order valence-electron chi connectivity index (χ2n) is 7.54. The normalized spacial score (nSPS) is 16.0. The van der Waals surface area contributed by atoms with E-state index in [0.717, 1.165) is 11.3 Å². The molecule has 0 saturated carbocycles. The number of nitro groups is 1. The predicted molar refractivity (Wildman–Crippen MR) is 114 cm³/mol. The number of aromatic nitrogens is 2. The molecule has 1 aromatic heterocycles. The van der Waals surface area contributed by atoms with E-state index < -0.39 is 10.5 Å². The van der Waals surface area contributed by atoms with Gasteiger partial charge in [-0.05, 0) is 48.6 Å². The molecule has 1 aliphatic heterocycles. The van der Waals surface area contributed by atoms with Crippen LogP contribution in [0, 0.1) is 10.1 Å². The first-order valence-electron chi connectivity index (χ1n) is 10.2. The Balaban J connectivity index is 1.72. The van der Waals surface area contributed by atoms with Gasteiger partial charge >= 0.3 is 5.69 Å². The summed E-state index contributed by atoms with van der Waals surface area (Å²) in [5.74, 6) is 0. The van der Waals surface area contributed by atoms with Crippen LogP contribution in [0.3, 0.4) is 0 Å². The van der Waals surface area contributed by atoms with Gasteiger partial charge in [0.1, 0.15) is 5.69 Å². The molecule has 0 aliphatic carbocycles. The molecule has 9 nitrogen and oxygen atoms in total. The van der Waals surface area contributed by atoms with Crippen molar-refractivity contribution in [2.75, 3.05) is 36.0 Å². The van der Waals surface area contributed by atoms with Gasteiger partial charge in [0.2, 0.25) is 5.52 Å². The van der Waals surface area contributed by atoms with Gasteiger partial charge < -0.3 is 14.9 Å². The van der Waals surface area contributed by atoms with Crippen molar-refractivity contribution in [2.45, 2.75) is 32.3 Å². The van der Waals surface area contributed by atoms with Gasteiger partial charge in [-0.3, -0.25) is 10.1 Å². The average molecular weight is 411 g/mol. The highest BCUT2D eigenvalue weighted by Crippen LogP contribution is 2.42. The van der Waals surface area contributed by atoms with E-state index in [0.29, 0.717) is 50.2 Å². The second kappa shape index (κ2) is 7.91. The SMILES string of the molecule is CCN(CC)c1cc(N2CCC(O)(c3ccccc3)CC2)c2nonc2c1[N+](=O)[O-]. The number of piperidine rings is 1. The van der Waals surface area contributed by atoms with Gasteiger partial charge in [-0.25, -0.2) is 4.63 Å². The van der Waals surface area contributed by atoms with Crippen LogP contribution in [0.1, 0.15) is 32.3 Å². The molecule has 4 rings (SSSR count). The van der Waals surface area contributed by atoms with E-state index in [2.05, 4.69) is 15.2 Å². The molecule has 0 atom stereocenters. The molecule has 1 fully saturated rings. The van der Waals surface area contributed by atoms with Gasteiger partial charge in [0, 0.05) is 26.2 Å². The van der Waals surface area contributed by atoms with Gasteiger partial charge in [-0.15, -0.1) is 0 Å².